The Bertz CT molecular complexity index is 661. The van der Waals surface area contributed by atoms with Gasteiger partial charge in [-0.25, -0.2) is 4.39 Å². The van der Waals surface area contributed by atoms with Crippen molar-refractivity contribution < 1.29 is 13.9 Å². The fourth-order valence-electron chi connectivity index (χ4n) is 2.11. The van der Waals surface area contributed by atoms with Crippen LogP contribution in [0.25, 0.3) is 0 Å². The summed E-state index contributed by atoms with van der Waals surface area (Å²) in [6.45, 7) is 1.71. The Balaban J connectivity index is 2.45. The maximum atomic E-state index is 13.7. The van der Waals surface area contributed by atoms with Crippen LogP contribution in [0.3, 0.4) is 0 Å². The first-order chi connectivity index (χ1) is 9.97. The number of hydrogen-bond donors (Lipinski definition) is 1. The lowest BCUT2D eigenvalue weighted by molar-refractivity contribution is 0.354. The van der Waals surface area contributed by atoms with Crippen LogP contribution >= 0.6 is 11.6 Å². The number of rotatable bonds is 4. The molecule has 0 bridgehead atoms. The minimum absolute atomic E-state index is 0.283. The Morgan fingerprint density at radius 3 is 2.38 bits per heavy atom. The van der Waals surface area contributed by atoms with Crippen LogP contribution in [-0.4, -0.2) is 14.2 Å². The van der Waals surface area contributed by atoms with Crippen molar-refractivity contribution in [2.24, 2.45) is 5.73 Å². The van der Waals surface area contributed by atoms with Gasteiger partial charge < -0.3 is 15.2 Å². The first-order valence-electron chi connectivity index (χ1n) is 6.41. The first-order valence-corrected chi connectivity index (χ1v) is 6.78. The van der Waals surface area contributed by atoms with E-state index in [1.54, 1.807) is 31.2 Å². The smallest absolute Gasteiger partial charge is 0.179 e. The van der Waals surface area contributed by atoms with Crippen molar-refractivity contribution >= 4 is 11.6 Å². The zero-order valence-electron chi connectivity index (χ0n) is 12.1. The van der Waals surface area contributed by atoms with Gasteiger partial charge in [0, 0.05) is 0 Å². The number of nitrogens with two attached hydrogens (primary N) is 1. The highest BCUT2D eigenvalue weighted by Crippen LogP contribution is 2.38. The summed E-state index contributed by atoms with van der Waals surface area (Å²) in [5.41, 5.74) is 8.17. The van der Waals surface area contributed by atoms with Gasteiger partial charge >= 0.3 is 0 Å². The van der Waals surface area contributed by atoms with Gasteiger partial charge in [0.15, 0.2) is 11.5 Å². The van der Waals surface area contributed by atoms with E-state index in [1.165, 1.54) is 20.3 Å². The Morgan fingerprint density at radius 1 is 1.10 bits per heavy atom. The van der Waals surface area contributed by atoms with E-state index in [0.717, 1.165) is 5.56 Å². The highest BCUT2D eigenvalue weighted by molar-refractivity contribution is 6.32. The van der Waals surface area contributed by atoms with Gasteiger partial charge in [-0.05, 0) is 41.8 Å². The molecular formula is C16H17ClFNO2. The third kappa shape index (κ3) is 3.12. The summed E-state index contributed by atoms with van der Waals surface area (Å²) in [4.78, 5) is 0. The van der Waals surface area contributed by atoms with Crippen LogP contribution in [-0.2, 0) is 0 Å². The standard InChI is InChI=1S/C16H17ClFNO2/c1-9-4-5-10(7-13(9)18)15(19)11-6-12(17)16(21-3)14(8-11)20-2/h4-8,15H,19H2,1-3H3. The van der Waals surface area contributed by atoms with Crippen molar-refractivity contribution in [3.8, 4) is 11.5 Å². The van der Waals surface area contributed by atoms with E-state index < -0.39 is 6.04 Å². The van der Waals surface area contributed by atoms with E-state index in [9.17, 15) is 4.39 Å². The average molecular weight is 310 g/mol. The fourth-order valence-corrected chi connectivity index (χ4v) is 2.41. The molecule has 0 aliphatic heterocycles. The van der Waals surface area contributed by atoms with Crippen LogP contribution in [0.15, 0.2) is 30.3 Å². The van der Waals surface area contributed by atoms with Crippen LogP contribution in [0.5, 0.6) is 11.5 Å². The minimum atomic E-state index is -0.502. The van der Waals surface area contributed by atoms with Crippen molar-refractivity contribution in [1.29, 1.82) is 0 Å². The van der Waals surface area contributed by atoms with Gasteiger partial charge in [0.2, 0.25) is 0 Å². The quantitative estimate of drug-likeness (QED) is 0.933. The van der Waals surface area contributed by atoms with Gasteiger partial charge in [-0.2, -0.15) is 0 Å². The molecule has 2 N–H and O–H groups in total. The SMILES string of the molecule is COc1cc(C(N)c2ccc(C)c(F)c2)cc(Cl)c1OC. The van der Waals surface area contributed by atoms with E-state index in [-0.39, 0.29) is 5.82 Å². The zero-order chi connectivity index (χ0) is 15.6. The lowest BCUT2D eigenvalue weighted by atomic mass is 9.98. The third-order valence-corrected chi connectivity index (χ3v) is 3.65. The topological polar surface area (TPSA) is 44.5 Å². The molecule has 0 saturated heterocycles. The molecule has 0 fully saturated rings. The Labute approximate surface area is 128 Å². The summed E-state index contributed by atoms with van der Waals surface area (Å²) in [6.07, 6.45) is 0. The summed E-state index contributed by atoms with van der Waals surface area (Å²) in [7, 11) is 3.04. The van der Waals surface area contributed by atoms with Crippen LogP contribution in [0.2, 0.25) is 5.02 Å². The maximum Gasteiger partial charge on any atom is 0.179 e. The molecule has 2 rings (SSSR count). The zero-order valence-corrected chi connectivity index (χ0v) is 12.9. The minimum Gasteiger partial charge on any atom is -0.493 e. The van der Waals surface area contributed by atoms with Gasteiger partial charge in [0.1, 0.15) is 5.82 Å². The fraction of sp³-hybridized carbons (Fsp3) is 0.250. The van der Waals surface area contributed by atoms with E-state index in [0.29, 0.717) is 27.6 Å². The third-order valence-electron chi connectivity index (χ3n) is 3.37. The monoisotopic (exact) mass is 309 g/mol. The Hall–Kier alpha value is -1.78. The summed E-state index contributed by atoms with van der Waals surface area (Å²) in [5, 5.41) is 0.398. The summed E-state index contributed by atoms with van der Waals surface area (Å²) < 4.78 is 24.1. The van der Waals surface area contributed by atoms with Crippen LogP contribution in [0.4, 0.5) is 4.39 Å². The Kier molecular flexibility index (Phi) is 4.70. The molecular weight excluding hydrogens is 293 g/mol. The molecule has 5 heteroatoms. The number of ether oxygens (including phenoxy) is 2. The molecule has 0 amide bonds. The normalized spacial score (nSPS) is 12.1. The molecule has 2 aromatic rings. The highest BCUT2D eigenvalue weighted by Gasteiger charge is 2.16. The molecule has 21 heavy (non-hydrogen) atoms. The van der Waals surface area contributed by atoms with Crippen molar-refractivity contribution in [2.75, 3.05) is 14.2 Å². The molecule has 0 radical (unpaired) electrons. The summed E-state index contributed by atoms with van der Waals surface area (Å²) in [5.74, 6) is 0.655. The number of aryl methyl sites for hydroxylation is 1. The lowest BCUT2D eigenvalue weighted by Crippen LogP contribution is -2.12. The maximum absolute atomic E-state index is 13.7. The summed E-state index contributed by atoms with van der Waals surface area (Å²) >= 11 is 6.17. The van der Waals surface area contributed by atoms with Gasteiger partial charge in [-0.15, -0.1) is 0 Å². The predicted molar refractivity (Wildman–Crippen MR) is 81.7 cm³/mol. The van der Waals surface area contributed by atoms with Gasteiger partial charge in [-0.1, -0.05) is 23.7 Å². The lowest BCUT2D eigenvalue weighted by Gasteiger charge is -2.17. The molecule has 1 unspecified atom stereocenters. The molecule has 2 aromatic carbocycles. The van der Waals surface area contributed by atoms with Gasteiger partial charge in [-0.3, -0.25) is 0 Å². The van der Waals surface area contributed by atoms with Crippen LogP contribution in [0.1, 0.15) is 22.7 Å². The van der Waals surface area contributed by atoms with Crippen molar-refractivity contribution in [1.82, 2.24) is 0 Å². The van der Waals surface area contributed by atoms with Crippen molar-refractivity contribution in [2.45, 2.75) is 13.0 Å². The molecule has 0 aliphatic rings. The number of halogens is 2. The first kappa shape index (κ1) is 15.6. The number of benzene rings is 2. The molecule has 1 atom stereocenters. The molecule has 3 nitrogen and oxygen atoms in total. The number of methoxy groups -OCH3 is 2. The van der Waals surface area contributed by atoms with Gasteiger partial charge in [0.25, 0.3) is 0 Å². The second-order valence-corrected chi connectivity index (χ2v) is 5.13. The molecule has 0 aliphatic carbocycles. The highest BCUT2D eigenvalue weighted by atomic mass is 35.5. The largest absolute Gasteiger partial charge is 0.493 e. The van der Waals surface area contributed by atoms with Crippen molar-refractivity contribution in [3.05, 3.63) is 57.9 Å². The number of hydrogen-bond acceptors (Lipinski definition) is 3. The molecule has 112 valence electrons. The molecule has 0 aromatic heterocycles. The van der Waals surface area contributed by atoms with Crippen LogP contribution in [0, 0.1) is 12.7 Å². The van der Waals surface area contributed by atoms with Crippen molar-refractivity contribution in [3.63, 3.8) is 0 Å². The average Bonchev–Trinajstić information content (AvgIpc) is 2.48. The summed E-state index contributed by atoms with van der Waals surface area (Å²) in [6, 6.07) is 7.88. The Morgan fingerprint density at radius 2 is 1.81 bits per heavy atom. The van der Waals surface area contributed by atoms with E-state index in [1.807, 2.05) is 0 Å². The van der Waals surface area contributed by atoms with E-state index >= 15 is 0 Å². The second kappa shape index (κ2) is 6.33. The van der Waals surface area contributed by atoms with E-state index in [2.05, 4.69) is 0 Å². The van der Waals surface area contributed by atoms with Crippen LogP contribution < -0.4 is 15.2 Å². The molecule has 0 heterocycles. The molecule has 0 saturated carbocycles. The predicted octanol–water partition coefficient (Wildman–Crippen LogP) is 3.85. The second-order valence-electron chi connectivity index (χ2n) is 4.72. The van der Waals surface area contributed by atoms with Gasteiger partial charge in [0.05, 0.1) is 25.3 Å². The molecule has 0 spiro atoms. The van der Waals surface area contributed by atoms with E-state index in [4.69, 9.17) is 26.8 Å².